The number of nitrogen functional groups attached to an aromatic ring is 1. The molecule has 2 aromatic rings. The molecule has 16 heteroatoms. The SMILES string of the molecule is CSc1ccc[n+](CC2=C(C(=O)[O-])N3C(=O)C(NC(=O)/C(=N/OC(F)F)c4csc(N)n4)[C@H]3SC2)c1. The van der Waals surface area contributed by atoms with Crippen molar-refractivity contribution in [3.05, 3.63) is 46.9 Å². The Hall–Kier alpha value is -3.24. The highest BCUT2D eigenvalue weighted by molar-refractivity contribution is 8.00. The maximum Gasteiger partial charge on any atom is 0.407 e. The number of amides is 2. The summed E-state index contributed by atoms with van der Waals surface area (Å²) in [4.78, 5) is 47.5. The van der Waals surface area contributed by atoms with Gasteiger partial charge in [-0.2, -0.15) is 13.3 Å². The fourth-order valence-corrected chi connectivity index (χ4v) is 5.97. The number of oxime groups is 1. The van der Waals surface area contributed by atoms with E-state index < -0.39 is 41.5 Å². The van der Waals surface area contributed by atoms with Crippen LogP contribution in [0.5, 0.6) is 0 Å². The number of nitrogens with two attached hydrogens (primary N) is 1. The van der Waals surface area contributed by atoms with Crippen molar-refractivity contribution in [3.63, 3.8) is 0 Å². The van der Waals surface area contributed by atoms with E-state index in [0.717, 1.165) is 21.1 Å². The van der Waals surface area contributed by atoms with Gasteiger partial charge in [-0.3, -0.25) is 14.5 Å². The molecule has 1 saturated heterocycles. The second-order valence-electron chi connectivity index (χ2n) is 7.39. The van der Waals surface area contributed by atoms with E-state index in [1.54, 1.807) is 10.8 Å². The van der Waals surface area contributed by atoms with Crippen LogP contribution in [0.3, 0.4) is 0 Å². The summed E-state index contributed by atoms with van der Waals surface area (Å²) in [6, 6.07) is 2.62. The molecule has 2 aliphatic heterocycles. The number of carbonyl (C=O) groups is 3. The zero-order valence-electron chi connectivity index (χ0n) is 18.4. The Morgan fingerprint density at radius 2 is 2.28 bits per heavy atom. The highest BCUT2D eigenvalue weighted by Crippen LogP contribution is 2.40. The number of carboxylic acid groups (broad SMARTS) is 1. The molecule has 4 heterocycles. The fourth-order valence-electron chi connectivity index (χ4n) is 3.63. The van der Waals surface area contributed by atoms with E-state index in [0.29, 0.717) is 5.57 Å². The summed E-state index contributed by atoms with van der Waals surface area (Å²) in [5.74, 6) is -2.94. The van der Waals surface area contributed by atoms with E-state index in [2.05, 4.69) is 20.3 Å². The zero-order valence-corrected chi connectivity index (χ0v) is 20.9. The van der Waals surface area contributed by atoms with Crippen LogP contribution in [0.4, 0.5) is 13.9 Å². The minimum atomic E-state index is -3.29. The van der Waals surface area contributed by atoms with Gasteiger partial charge in [0.25, 0.3) is 11.8 Å². The lowest BCUT2D eigenvalue weighted by atomic mass is 10.0. The molecule has 0 aromatic carbocycles. The molecule has 3 N–H and O–H groups in total. The van der Waals surface area contributed by atoms with Gasteiger partial charge < -0.3 is 25.8 Å². The number of aliphatic carboxylic acids is 1. The Morgan fingerprint density at radius 1 is 1.50 bits per heavy atom. The summed E-state index contributed by atoms with van der Waals surface area (Å²) in [5.41, 5.74) is 5.06. The van der Waals surface area contributed by atoms with Gasteiger partial charge in [0.05, 0.1) is 16.6 Å². The predicted octanol–water partition coefficient (Wildman–Crippen LogP) is -0.218. The van der Waals surface area contributed by atoms with E-state index in [9.17, 15) is 28.3 Å². The Labute approximate surface area is 215 Å². The Kier molecular flexibility index (Phi) is 7.75. The number of nitrogens with one attached hydrogen (secondary N) is 1. The first kappa shape index (κ1) is 25.8. The molecule has 0 radical (unpaired) electrons. The molecular formula is C20H18F2N6O5S3. The van der Waals surface area contributed by atoms with Crippen molar-refractivity contribution in [1.29, 1.82) is 0 Å². The largest absolute Gasteiger partial charge is 0.543 e. The molecule has 2 atom stereocenters. The summed E-state index contributed by atoms with van der Waals surface area (Å²) in [6.45, 7) is -3.06. The average Bonchev–Trinajstić information content (AvgIpc) is 3.27. The summed E-state index contributed by atoms with van der Waals surface area (Å²) in [5, 5.41) is 18.2. The number of thioether (sulfide) groups is 2. The summed E-state index contributed by atoms with van der Waals surface area (Å²) < 4.78 is 26.8. The Morgan fingerprint density at radius 3 is 2.92 bits per heavy atom. The molecule has 2 aliphatic rings. The predicted molar refractivity (Wildman–Crippen MR) is 126 cm³/mol. The first-order valence-corrected chi connectivity index (χ1v) is 13.3. The molecule has 11 nitrogen and oxygen atoms in total. The number of fused-ring (bicyclic) bond motifs is 1. The van der Waals surface area contributed by atoms with Gasteiger partial charge in [-0.05, 0) is 12.3 Å². The summed E-state index contributed by atoms with van der Waals surface area (Å²) in [6.07, 6.45) is 5.56. The Bertz CT molecular complexity index is 1270. The van der Waals surface area contributed by atoms with Crippen LogP contribution in [0.15, 0.2) is 51.2 Å². The Balaban J connectivity index is 1.54. The third-order valence-electron chi connectivity index (χ3n) is 5.17. The summed E-state index contributed by atoms with van der Waals surface area (Å²) in [7, 11) is 0. The van der Waals surface area contributed by atoms with Crippen molar-refractivity contribution in [1.82, 2.24) is 15.2 Å². The molecule has 2 amide bonds. The van der Waals surface area contributed by atoms with Gasteiger partial charge in [0.15, 0.2) is 29.8 Å². The van der Waals surface area contributed by atoms with Gasteiger partial charge in [-0.15, -0.1) is 34.9 Å². The molecule has 1 unspecified atom stereocenters. The summed E-state index contributed by atoms with van der Waals surface area (Å²) >= 11 is 3.73. The lowest BCUT2D eigenvalue weighted by Gasteiger charge is -2.50. The standard InChI is InChI=1S/C20H18F2N6O5S3/c1-34-10-3-2-4-27(6-10)5-9-7-35-17-13(16(30)28(17)14(9)18(31)32)25-15(29)12(26-33-19(21)22)11-8-36-20(23)24-11/h2-4,6,8,13,17,19H,5,7H2,1H3,(H3-,23,24,25,29,31,32)/b26-12+/t13?,17-/m1/s1. The number of thiazole rings is 1. The number of hydrogen-bond acceptors (Lipinski definition) is 11. The molecule has 0 spiro atoms. The lowest BCUT2D eigenvalue weighted by Crippen LogP contribution is -2.71. The number of pyridine rings is 1. The van der Waals surface area contributed by atoms with Gasteiger partial charge in [0.2, 0.25) is 0 Å². The third kappa shape index (κ3) is 5.29. The first-order valence-electron chi connectivity index (χ1n) is 10.1. The van der Waals surface area contributed by atoms with E-state index in [-0.39, 0.29) is 28.8 Å². The van der Waals surface area contributed by atoms with Crippen molar-refractivity contribution in [2.75, 3.05) is 17.7 Å². The number of halogens is 2. The molecule has 0 saturated carbocycles. The number of β-lactam (4-membered cyclic amide) rings is 1. The van der Waals surface area contributed by atoms with Gasteiger partial charge in [0, 0.05) is 22.8 Å². The van der Waals surface area contributed by atoms with E-state index in [1.807, 2.05) is 24.6 Å². The van der Waals surface area contributed by atoms with Crippen molar-refractivity contribution in [2.24, 2.45) is 5.16 Å². The number of aromatic nitrogens is 2. The van der Waals surface area contributed by atoms with E-state index in [4.69, 9.17) is 5.73 Å². The van der Waals surface area contributed by atoms with Crippen LogP contribution in [0.1, 0.15) is 5.69 Å². The smallest absolute Gasteiger partial charge is 0.407 e. The van der Waals surface area contributed by atoms with Crippen LogP contribution in [0.25, 0.3) is 0 Å². The van der Waals surface area contributed by atoms with Crippen molar-refractivity contribution < 1.29 is 37.7 Å². The zero-order chi connectivity index (χ0) is 26.0. The van der Waals surface area contributed by atoms with Crippen molar-refractivity contribution >= 4 is 63.5 Å². The number of anilines is 1. The van der Waals surface area contributed by atoms with Crippen LogP contribution in [-0.4, -0.2) is 63.4 Å². The molecule has 2 aromatic heterocycles. The number of rotatable bonds is 9. The normalized spacial score (nSPS) is 19.7. The highest BCUT2D eigenvalue weighted by atomic mass is 32.2. The molecule has 190 valence electrons. The quantitative estimate of drug-likeness (QED) is 0.140. The second-order valence-corrected chi connectivity index (χ2v) is 10.3. The molecule has 0 aliphatic carbocycles. The third-order valence-corrected chi connectivity index (χ3v) is 7.90. The van der Waals surface area contributed by atoms with Crippen LogP contribution < -0.4 is 20.7 Å². The van der Waals surface area contributed by atoms with Gasteiger partial charge in [-0.25, -0.2) is 4.98 Å². The minimum Gasteiger partial charge on any atom is -0.543 e. The van der Waals surface area contributed by atoms with Crippen molar-refractivity contribution in [3.8, 4) is 0 Å². The monoisotopic (exact) mass is 556 g/mol. The molecule has 1 fully saturated rings. The second kappa shape index (κ2) is 10.8. The number of carboxylic acids is 1. The lowest BCUT2D eigenvalue weighted by molar-refractivity contribution is -0.690. The molecular weight excluding hydrogens is 538 g/mol. The first-order chi connectivity index (χ1) is 17.2. The average molecular weight is 557 g/mol. The maximum absolute atomic E-state index is 12.9. The number of alkyl halides is 2. The topological polar surface area (TPSA) is 154 Å². The molecule has 36 heavy (non-hydrogen) atoms. The highest BCUT2D eigenvalue weighted by Gasteiger charge is 2.53. The molecule has 0 bridgehead atoms. The van der Waals surface area contributed by atoms with Gasteiger partial charge in [-0.1, -0.05) is 5.16 Å². The van der Waals surface area contributed by atoms with Crippen LogP contribution >= 0.6 is 34.9 Å². The van der Waals surface area contributed by atoms with Crippen molar-refractivity contribution in [2.45, 2.75) is 29.5 Å². The van der Waals surface area contributed by atoms with Crippen LogP contribution in [-0.2, 0) is 25.8 Å². The number of hydrogen-bond donors (Lipinski definition) is 2. The van der Waals surface area contributed by atoms with Gasteiger partial charge >= 0.3 is 6.61 Å². The van der Waals surface area contributed by atoms with Crippen LogP contribution in [0, 0.1) is 0 Å². The number of carbonyl (C=O) groups excluding carboxylic acids is 3. The van der Waals surface area contributed by atoms with E-state index >= 15 is 0 Å². The fraction of sp³-hybridized carbons (Fsp3) is 0.300. The molecule has 4 rings (SSSR count). The van der Waals surface area contributed by atoms with E-state index in [1.165, 1.54) is 28.9 Å². The maximum atomic E-state index is 12.9. The minimum absolute atomic E-state index is 0.0634. The van der Waals surface area contributed by atoms with Crippen LogP contribution in [0.2, 0.25) is 0 Å². The number of nitrogens with zero attached hydrogens (tertiary/aromatic N) is 4. The van der Waals surface area contributed by atoms with Gasteiger partial charge in [0.1, 0.15) is 17.1 Å².